The van der Waals surface area contributed by atoms with Crippen LogP contribution in [0.15, 0.2) is 18.2 Å². The first-order chi connectivity index (χ1) is 9.24. The van der Waals surface area contributed by atoms with Crippen LogP contribution in [-0.4, -0.2) is 32.8 Å². The van der Waals surface area contributed by atoms with Crippen LogP contribution in [0, 0.1) is 6.92 Å². The Morgan fingerprint density at radius 3 is 2.79 bits per heavy atom. The van der Waals surface area contributed by atoms with Gasteiger partial charge in [-0.15, -0.1) is 0 Å². The summed E-state index contributed by atoms with van der Waals surface area (Å²) in [4.78, 5) is 2.40. The van der Waals surface area contributed by atoms with Crippen molar-refractivity contribution >= 4 is 5.69 Å². The molecule has 0 heterocycles. The Labute approximate surface area is 116 Å². The van der Waals surface area contributed by atoms with Crippen molar-refractivity contribution in [1.82, 2.24) is 5.32 Å². The third kappa shape index (κ3) is 4.22. The summed E-state index contributed by atoms with van der Waals surface area (Å²) < 4.78 is 5.21. The van der Waals surface area contributed by atoms with Crippen LogP contribution in [0.1, 0.15) is 30.9 Å². The number of nitrogens with zero attached hydrogens (tertiary/aromatic N) is 1. The molecule has 0 saturated heterocycles. The van der Waals surface area contributed by atoms with E-state index in [9.17, 15) is 0 Å². The Morgan fingerprint density at radius 2 is 2.16 bits per heavy atom. The number of hydrogen-bond acceptors (Lipinski definition) is 3. The molecule has 0 bridgehead atoms. The van der Waals surface area contributed by atoms with Crippen molar-refractivity contribution < 1.29 is 4.74 Å². The average Bonchev–Trinajstić information content (AvgIpc) is 3.23. The molecule has 0 amide bonds. The summed E-state index contributed by atoms with van der Waals surface area (Å²) in [6.45, 7) is 8.08. The number of aryl methyl sites for hydroxylation is 1. The van der Waals surface area contributed by atoms with Gasteiger partial charge in [-0.3, -0.25) is 0 Å². The van der Waals surface area contributed by atoms with Gasteiger partial charge in [-0.25, -0.2) is 0 Å². The Balaban J connectivity index is 2.10. The van der Waals surface area contributed by atoms with E-state index in [0.29, 0.717) is 0 Å². The van der Waals surface area contributed by atoms with Gasteiger partial charge in [0.25, 0.3) is 0 Å². The van der Waals surface area contributed by atoms with Crippen LogP contribution in [-0.2, 0) is 11.3 Å². The molecule has 0 aromatic heterocycles. The minimum atomic E-state index is 0.752. The number of methoxy groups -OCH3 is 1. The van der Waals surface area contributed by atoms with Crippen molar-refractivity contribution in [3.63, 3.8) is 0 Å². The van der Waals surface area contributed by atoms with Crippen molar-refractivity contribution in [2.75, 3.05) is 31.7 Å². The highest BCUT2D eigenvalue weighted by atomic mass is 16.5. The fourth-order valence-electron chi connectivity index (χ4n) is 2.36. The molecule has 2 rings (SSSR count). The number of ether oxygens (including phenoxy) is 1. The fraction of sp³-hybridized carbons (Fsp3) is 0.625. The molecule has 0 unspecified atom stereocenters. The van der Waals surface area contributed by atoms with Gasteiger partial charge in [-0.05, 0) is 38.3 Å². The standard InChI is InChI=1S/C16H26N2O/c1-4-18(9-10-19-3)16-8-5-13(2)11-14(16)12-17-15-6-7-15/h5,8,11,15,17H,4,6-7,9-10,12H2,1-3H3. The van der Waals surface area contributed by atoms with Gasteiger partial charge in [0.15, 0.2) is 0 Å². The first kappa shape index (κ1) is 14.4. The maximum atomic E-state index is 5.21. The first-order valence-corrected chi connectivity index (χ1v) is 7.31. The fourth-order valence-corrected chi connectivity index (χ4v) is 2.36. The smallest absolute Gasteiger partial charge is 0.0637 e. The van der Waals surface area contributed by atoms with Crippen LogP contribution >= 0.6 is 0 Å². The molecule has 1 saturated carbocycles. The van der Waals surface area contributed by atoms with Crippen LogP contribution in [0.4, 0.5) is 5.69 Å². The normalized spacial score (nSPS) is 14.7. The van der Waals surface area contributed by atoms with Crippen molar-refractivity contribution in [3.8, 4) is 0 Å². The molecule has 1 aliphatic rings. The molecule has 1 fully saturated rings. The van der Waals surface area contributed by atoms with Gasteiger partial charge >= 0.3 is 0 Å². The molecule has 19 heavy (non-hydrogen) atoms. The molecule has 1 aromatic rings. The molecule has 3 heteroatoms. The number of benzene rings is 1. The molecule has 3 nitrogen and oxygen atoms in total. The van der Waals surface area contributed by atoms with Crippen LogP contribution in [0.2, 0.25) is 0 Å². The van der Waals surface area contributed by atoms with E-state index < -0.39 is 0 Å². The Bertz CT molecular complexity index is 402. The molecule has 0 radical (unpaired) electrons. The number of anilines is 1. The highest BCUT2D eigenvalue weighted by molar-refractivity contribution is 5.55. The number of rotatable bonds is 8. The van der Waals surface area contributed by atoms with Gasteiger partial charge in [0.2, 0.25) is 0 Å². The van der Waals surface area contributed by atoms with Crippen molar-refractivity contribution in [2.45, 2.75) is 39.3 Å². The summed E-state index contributed by atoms with van der Waals surface area (Å²) in [5.41, 5.74) is 4.09. The van der Waals surface area contributed by atoms with Gasteiger partial charge in [-0.1, -0.05) is 17.7 Å². The minimum Gasteiger partial charge on any atom is -0.383 e. The van der Waals surface area contributed by atoms with Gasteiger partial charge in [0, 0.05) is 38.5 Å². The van der Waals surface area contributed by atoms with Crippen LogP contribution in [0.5, 0.6) is 0 Å². The van der Waals surface area contributed by atoms with E-state index in [0.717, 1.165) is 32.3 Å². The number of hydrogen-bond donors (Lipinski definition) is 1. The summed E-state index contributed by atoms with van der Waals surface area (Å²) in [5, 5.41) is 3.62. The lowest BCUT2D eigenvalue weighted by Crippen LogP contribution is -2.29. The van der Waals surface area contributed by atoms with Crippen LogP contribution in [0.3, 0.4) is 0 Å². The molecule has 0 aliphatic heterocycles. The quantitative estimate of drug-likeness (QED) is 0.779. The van der Waals surface area contributed by atoms with Crippen molar-refractivity contribution in [3.05, 3.63) is 29.3 Å². The Kier molecular flexibility index (Phi) is 5.23. The molecular formula is C16H26N2O. The minimum absolute atomic E-state index is 0.752. The zero-order valence-corrected chi connectivity index (χ0v) is 12.4. The summed E-state index contributed by atoms with van der Waals surface area (Å²) >= 11 is 0. The van der Waals surface area contributed by atoms with Gasteiger partial charge in [-0.2, -0.15) is 0 Å². The lowest BCUT2D eigenvalue weighted by atomic mass is 10.1. The number of nitrogens with one attached hydrogen (secondary N) is 1. The summed E-state index contributed by atoms with van der Waals surface area (Å²) in [7, 11) is 1.76. The monoisotopic (exact) mass is 262 g/mol. The molecule has 106 valence electrons. The van der Waals surface area contributed by atoms with Crippen molar-refractivity contribution in [1.29, 1.82) is 0 Å². The topological polar surface area (TPSA) is 24.5 Å². The second kappa shape index (κ2) is 6.92. The van der Waals surface area contributed by atoms with Gasteiger partial charge in [0.05, 0.1) is 6.61 Å². The predicted molar refractivity (Wildman–Crippen MR) is 80.8 cm³/mol. The van der Waals surface area contributed by atoms with Gasteiger partial charge < -0.3 is 15.0 Å². The zero-order valence-electron chi connectivity index (χ0n) is 12.4. The second-order valence-corrected chi connectivity index (χ2v) is 5.36. The molecule has 0 atom stereocenters. The summed E-state index contributed by atoms with van der Waals surface area (Å²) in [6.07, 6.45) is 2.67. The van der Waals surface area contributed by atoms with E-state index in [1.165, 1.54) is 29.7 Å². The van der Waals surface area contributed by atoms with E-state index in [2.05, 4.69) is 42.3 Å². The predicted octanol–water partition coefficient (Wildman–Crippen LogP) is 2.72. The third-order valence-corrected chi connectivity index (χ3v) is 3.68. The molecule has 1 aromatic carbocycles. The maximum Gasteiger partial charge on any atom is 0.0637 e. The first-order valence-electron chi connectivity index (χ1n) is 7.31. The lowest BCUT2D eigenvalue weighted by Gasteiger charge is -2.26. The van der Waals surface area contributed by atoms with Crippen LogP contribution in [0.25, 0.3) is 0 Å². The molecule has 0 spiro atoms. The number of likely N-dealkylation sites (N-methyl/N-ethyl adjacent to an activating group) is 1. The largest absolute Gasteiger partial charge is 0.383 e. The SMILES string of the molecule is CCN(CCOC)c1ccc(C)cc1CNC1CC1. The van der Waals surface area contributed by atoms with E-state index in [-0.39, 0.29) is 0 Å². The maximum absolute atomic E-state index is 5.21. The molecule has 1 aliphatic carbocycles. The highest BCUT2D eigenvalue weighted by Gasteiger charge is 2.21. The second-order valence-electron chi connectivity index (χ2n) is 5.36. The zero-order chi connectivity index (χ0) is 13.7. The summed E-state index contributed by atoms with van der Waals surface area (Å²) in [6, 6.07) is 7.51. The van der Waals surface area contributed by atoms with E-state index in [1.54, 1.807) is 7.11 Å². The highest BCUT2D eigenvalue weighted by Crippen LogP contribution is 2.24. The van der Waals surface area contributed by atoms with E-state index in [4.69, 9.17) is 4.74 Å². The third-order valence-electron chi connectivity index (χ3n) is 3.68. The van der Waals surface area contributed by atoms with Crippen LogP contribution < -0.4 is 10.2 Å². The van der Waals surface area contributed by atoms with E-state index >= 15 is 0 Å². The Hall–Kier alpha value is -1.06. The Morgan fingerprint density at radius 1 is 1.37 bits per heavy atom. The average molecular weight is 262 g/mol. The van der Waals surface area contributed by atoms with Crippen molar-refractivity contribution in [2.24, 2.45) is 0 Å². The molecule has 1 N–H and O–H groups in total. The van der Waals surface area contributed by atoms with E-state index in [1.807, 2.05) is 0 Å². The summed E-state index contributed by atoms with van der Waals surface area (Å²) in [5.74, 6) is 0. The lowest BCUT2D eigenvalue weighted by molar-refractivity contribution is 0.205. The molecular weight excluding hydrogens is 236 g/mol. The van der Waals surface area contributed by atoms with Gasteiger partial charge in [0.1, 0.15) is 0 Å².